The molecule has 4 fully saturated rings. The van der Waals surface area contributed by atoms with E-state index in [1.165, 1.54) is 13.2 Å². The van der Waals surface area contributed by atoms with Crippen molar-refractivity contribution in [3.63, 3.8) is 0 Å². The third-order valence-electron chi connectivity index (χ3n) is 10.2. The molecule has 4 aliphatic rings. The molecule has 1 aromatic rings. The van der Waals surface area contributed by atoms with Gasteiger partial charge in [0.2, 0.25) is 5.67 Å². The summed E-state index contributed by atoms with van der Waals surface area (Å²) in [5.41, 5.74) is -1.75. The molecule has 1 saturated carbocycles. The number of hydrogen-bond donors (Lipinski definition) is 1. The Hall–Kier alpha value is -2.44. The van der Waals surface area contributed by atoms with Crippen LogP contribution in [0.25, 0.3) is 0 Å². The molecular weight excluding hydrogens is 582 g/mol. The second kappa shape index (κ2) is 13.5. The lowest BCUT2D eigenvalue weighted by Crippen LogP contribution is -2.48. The van der Waals surface area contributed by atoms with Crippen molar-refractivity contribution in [3.8, 4) is 0 Å². The van der Waals surface area contributed by atoms with Gasteiger partial charge in [0.1, 0.15) is 0 Å². The molecule has 8 nitrogen and oxygen atoms in total. The van der Waals surface area contributed by atoms with Crippen LogP contribution in [0.3, 0.4) is 0 Å². The molecular formula is C32H45F4N3O5. The van der Waals surface area contributed by atoms with E-state index in [4.69, 9.17) is 9.47 Å². The molecule has 12 heteroatoms. The van der Waals surface area contributed by atoms with Gasteiger partial charge in [-0.25, -0.2) is 4.39 Å². The van der Waals surface area contributed by atoms with Crippen molar-refractivity contribution in [1.29, 1.82) is 0 Å². The molecule has 0 spiro atoms. The average Bonchev–Trinajstić information content (AvgIpc) is 3.61. The summed E-state index contributed by atoms with van der Waals surface area (Å²) in [6.07, 6.45) is 0.162. The van der Waals surface area contributed by atoms with E-state index in [-0.39, 0.29) is 56.6 Å². The second-order valence-electron chi connectivity index (χ2n) is 13.0. The first kappa shape index (κ1) is 32.9. The fourth-order valence-electron chi connectivity index (χ4n) is 7.83. The summed E-state index contributed by atoms with van der Waals surface area (Å²) in [5, 5.41) is 9.42. The van der Waals surface area contributed by atoms with Crippen LogP contribution in [0.1, 0.15) is 68.9 Å². The number of anilines is 1. The Morgan fingerprint density at radius 2 is 1.75 bits per heavy atom. The molecule has 3 aliphatic heterocycles. The highest BCUT2D eigenvalue weighted by molar-refractivity contribution is 5.86. The van der Waals surface area contributed by atoms with Crippen molar-refractivity contribution in [2.75, 3.05) is 64.5 Å². The van der Waals surface area contributed by atoms with Gasteiger partial charge in [0, 0.05) is 83.0 Å². The lowest BCUT2D eigenvalue weighted by molar-refractivity contribution is -0.143. The van der Waals surface area contributed by atoms with Gasteiger partial charge < -0.3 is 24.4 Å². The van der Waals surface area contributed by atoms with Crippen molar-refractivity contribution in [2.45, 2.75) is 81.8 Å². The van der Waals surface area contributed by atoms with Gasteiger partial charge >= 0.3 is 12.1 Å². The van der Waals surface area contributed by atoms with Gasteiger partial charge in [0.05, 0.1) is 24.2 Å². The van der Waals surface area contributed by atoms with Gasteiger partial charge in [-0.2, -0.15) is 13.2 Å². The predicted molar refractivity (Wildman–Crippen MR) is 156 cm³/mol. The summed E-state index contributed by atoms with van der Waals surface area (Å²) in [6.45, 7) is 4.56. The molecule has 1 N–H and O–H groups in total. The highest BCUT2D eigenvalue weighted by Gasteiger charge is 2.51. The first-order valence-corrected chi connectivity index (χ1v) is 15.9. The Kier molecular flexibility index (Phi) is 10.1. The Morgan fingerprint density at radius 3 is 2.36 bits per heavy atom. The number of amides is 1. The number of rotatable bonds is 9. The fourth-order valence-corrected chi connectivity index (χ4v) is 7.83. The standard InChI is InChI=1S/C32H45F4N3O5/c1-3-44-25-7-5-24(6-8-25)38-15-12-31(33,20-38)30(42)39-17-22(19-43-2)27(18-39)26-9-4-23(32(34,35)36)16-28(26)37-13-10-21(11-14-37)29(40)41/h4,9,16,21-22,24-25,27H,3,5-8,10-15,17-20H2,1-2H3,(H,40,41)/t22-,24?,25?,27+,31-/m1/s1. The number of alkyl halides is 4. The molecule has 3 atom stereocenters. The van der Waals surface area contributed by atoms with Gasteiger partial charge in [0.15, 0.2) is 0 Å². The van der Waals surface area contributed by atoms with Crippen LogP contribution in [0.15, 0.2) is 18.2 Å². The van der Waals surface area contributed by atoms with Crippen LogP contribution in [0, 0.1) is 11.8 Å². The van der Waals surface area contributed by atoms with E-state index in [1.54, 1.807) is 4.90 Å². The zero-order chi connectivity index (χ0) is 31.6. The van der Waals surface area contributed by atoms with E-state index in [2.05, 4.69) is 4.90 Å². The number of carbonyl (C=O) groups is 2. The molecule has 3 heterocycles. The van der Waals surface area contributed by atoms with Crippen LogP contribution in [0.5, 0.6) is 0 Å². The number of carboxylic acids is 1. The maximum absolute atomic E-state index is 16.4. The summed E-state index contributed by atoms with van der Waals surface area (Å²) in [5.74, 6) is -2.58. The van der Waals surface area contributed by atoms with Crippen molar-refractivity contribution in [3.05, 3.63) is 29.3 Å². The van der Waals surface area contributed by atoms with Crippen molar-refractivity contribution >= 4 is 17.6 Å². The summed E-state index contributed by atoms with van der Waals surface area (Å²) in [4.78, 5) is 30.8. The third-order valence-corrected chi connectivity index (χ3v) is 10.2. The van der Waals surface area contributed by atoms with Crippen LogP contribution < -0.4 is 4.90 Å². The van der Waals surface area contributed by atoms with E-state index in [0.717, 1.165) is 37.8 Å². The topological polar surface area (TPSA) is 82.6 Å². The molecule has 0 aromatic heterocycles. The van der Waals surface area contributed by atoms with Gasteiger partial charge in [-0.3, -0.25) is 14.5 Å². The largest absolute Gasteiger partial charge is 0.481 e. The van der Waals surface area contributed by atoms with Crippen LogP contribution in [0.2, 0.25) is 0 Å². The number of ether oxygens (including phenoxy) is 2. The van der Waals surface area contributed by atoms with Crippen LogP contribution >= 0.6 is 0 Å². The molecule has 1 amide bonds. The monoisotopic (exact) mass is 627 g/mol. The van der Waals surface area contributed by atoms with E-state index in [0.29, 0.717) is 50.3 Å². The molecule has 0 unspecified atom stereocenters. The number of halogens is 4. The number of carbonyl (C=O) groups excluding carboxylic acids is 1. The van der Waals surface area contributed by atoms with Crippen molar-refractivity contribution in [1.82, 2.24) is 9.80 Å². The molecule has 3 saturated heterocycles. The Labute approximate surface area is 256 Å². The lowest BCUT2D eigenvalue weighted by atomic mass is 9.86. The summed E-state index contributed by atoms with van der Waals surface area (Å²) in [6, 6.07) is 3.90. The van der Waals surface area contributed by atoms with E-state index < -0.39 is 35.2 Å². The molecule has 44 heavy (non-hydrogen) atoms. The van der Waals surface area contributed by atoms with E-state index in [9.17, 15) is 27.9 Å². The normalized spacial score (nSPS) is 30.7. The lowest BCUT2D eigenvalue weighted by Gasteiger charge is -2.35. The van der Waals surface area contributed by atoms with E-state index >= 15 is 4.39 Å². The van der Waals surface area contributed by atoms with Crippen LogP contribution in [0.4, 0.5) is 23.2 Å². The number of benzene rings is 1. The first-order chi connectivity index (χ1) is 20.9. The van der Waals surface area contributed by atoms with Crippen LogP contribution in [-0.2, 0) is 25.2 Å². The maximum Gasteiger partial charge on any atom is 0.416 e. The Morgan fingerprint density at radius 1 is 1.05 bits per heavy atom. The molecule has 246 valence electrons. The highest BCUT2D eigenvalue weighted by atomic mass is 19.4. The number of nitrogens with zero attached hydrogens (tertiary/aromatic N) is 3. The van der Waals surface area contributed by atoms with Crippen molar-refractivity contribution < 1.29 is 41.7 Å². The second-order valence-corrected chi connectivity index (χ2v) is 13.0. The third kappa shape index (κ3) is 7.02. The summed E-state index contributed by atoms with van der Waals surface area (Å²) in [7, 11) is 1.54. The van der Waals surface area contributed by atoms with Gasteiger partial charge in [0.25, 0.3) is 5.91 Å². The van der Waals surface area contributed by atoms with Gasteiger partial charge in [-0.1, -0.05) is 6.07 Å². The SMILES string of the molecule is CCOC1CCC(N2CC[C@](F)(C(=O)N3C[C@H](COC)[C@@H](c4ccc(C(F)(F)F)cc4N4CCC(C(=O)O)CC4)C3)C2)CC1. The Balaban J connectivity index is 1.33. The smallest absolute Gasteiger partial charge is 0.416 e. The zero-order valence-corrected chi connectivity index (χ0v) is 25.7. The number of hydrogen-bond acceptors (Lipinski definition) is 6. The van der Waals surface area contributed by atoms with Crippen molar-refractivity contribution in [2.24, 2.45) is 11.8 Å². The first-order valence-electron chi connectivity index (χ1n) is 15.9. The highest BCUT2D eigenvalue weighted by Crippen LogP contribution is 2.43. The minimum Gasteiger partial charge on any atom is -0.481 e. The molecule has 5 rings (SSSR count). The summed E-state index contributed by atoms with van der Waals surface area (Å²) >= 11 is 0. The van der Waals surface area contributed by atoms with E-state index in [1.807, 2.05) is 11.8 Å². The number of likely N-dealkylation sites (tertiary alicyclic amines) is 2. The number of piperidine rings is 1. The Bertz CT molecular complexity index is 1170. The average molecular weight is 628 g/mol. The summed E-state index contributed by atoms with van der Waals surface area (Å²) < 4.78 is 69.0. The minimum atomic E-state index is -4.55. The maximum atomic E-state index is 16.4. The molecule has 1 aromatic carbocycles. The predicted octanol–water partition coefficient (Wildman–Crippen LogP) is 4.96. The number of aliphatic carboxylic acids is 1. The number of carboxylic acid groups (broad SMARTS) is 1. The minimum absolute atomic E-state index is 0.0516. The molecule has 1 aliphatic carbocycles. The van der Waals surface area contributed by atoms with Crippen LogP contribution in [-0.4, -0.2) is 104 Å². The van der Waals surface area contributed by atoms with Gasteiger partial charge in [-0.15, -0.1) is 0 Å². The number of methoxy groups -OCH3 is 1. The molecule has 0 bridgehead atoms. The molecule has 0 radical (unpaired) electrons. The quantitative estimate of drug-likeness (QED) is 0.388. The van der Waals surface area contributed by atoms with Gasteiger partial charge in [-0.05, 0) is 63.1 Å². The fraction of sp³-hybridized carbons (Fsp3) is 0.750. The zero-order valence-electron chi connectivity index (χ0n) is 25.7.